The predicted octanol–water partition coefficient (Wildman–Crippen LogP) is 6.06. The van der Waals surface area contributed by atoms with Gasteiger partial charge in [0.05, 0.1) is 13.1 Å². The van der Waals surface area contributed by atoms with Crippen LogP contribution >= 0.6 is 0 Å². The van der Waals surface area contributed by atoms with Crippen LogP contribution in [-0.2, 0) is 19.5 Å². The lowest BCUT2D eigenvalue weighted by molar-refractivity contribution is -0.704. The monoisotopic (exact) mass is 321 g/mol. The summed E-state index contributed by atoms with van der Waals surface area (Å²) in [5.41, 5.74) is 0. The maximum atomic E-state index is 2.53. The van der Waals surface area contributed by atoms with E-state index in [1.54, 1.807) is 5.82 Å². The van der Waals surface area contributed by atoms with Crippen molar-refractivity contribution in [1.29, 1.82) is 0 Å². The third kappa shape index (κ3) is 8.58. The molecule has 1 heterocycles. The first kappa shape index (κ1) is 20.3. The summed E-state index contributed by atoms with van der Waals surface area (Å²) >= 11 is 0. The molecule has 1 aromatic heterocycles. The second-order valence-corrected chi connectivity index (χ2v) is 7.03. The number of hydrogen-bond donors (Lipinski definition) is 0. The number of hydrogen-bond acceptors (Lipinski definition) is 0. The zero-order valence-corrected chi connectivity index (χ0v) is 16.2. The van der Waals surface area contributed by atoms with Gasteiger partial charge < -0.3 is 0 Å². The van der Waals surface area contributed by atoms with Gasteiger partial charge in [0.15, 0.2) is 0 Å². The Balaban J connectivity index is 2.42. The maximum Gasteiger partial charge on any atom is 0.256 e. The van der Waals surface area contributed by atoms with Gasteiger partial charge in [0.1, 0.15) is 12.4 Å². The largest absolute Gasteiger partial charge is 0.256 e. The van der Waals surface area contributed by atoms with Crippen LogP contribution in [0.25, 0.3) is 0 Å². The molecule has 0 atom stereocenters. The summed E-state index contributed by atoms with van der Waals surface area (Å²) in [7, 11) is 0. The van der Waals surface area contributed by atoms with E-state index in [0.717, 1.165) is 0 Å². The van der Waals surface area contributed by atoms with E-state index in [9.17, 15) is 0 Å². The van der Waals surface area contributed by atoms with Gasteiger partial charge in [0.2, 0.25) is 0 Å². The molecule has 0 amide bonds. The molecule has 0 aromatic carbocycles. The van der Waals surface area contributed by atoms with Gasteiger partial charge in [-0.15, -0.1) is 0 Å². The highest BCUT2D eigenvalue weighted by Gasteiger charge is 2.15. The number of imidazole rings is 1. The van der Waals surface area contributed by atoms with Crippen molar-refractivity contribution in [3.8, 4) is 0 Å². The molecule has 0 spiro atoms. The second kappa shape index (κ2) is 13.6. The lowest BCUT2D eigenvalue weighted by Crippen LogP contribution is -2.37. The fraction of sp³-hybridized carbons (Fsp3) is 0.857. The quantitative estimate of drug-likeness (QED) is 0.274. The van der Waals surface area contributed by atoms with Crippen molar-refractivity contribution in [3.63, 3.8) is 0 Å². The third-order valence-electron chi connectivity index (χ3n) is 4.85. The molecule has 1 aromatic rings. The van der Waals surface area contributed by atoms with E-state index in [4.69, 9.17) is 0 Å². The van der Waals surface area contributed by atoms with Crippen LogP contribution in [-0.4, -0.2) is 4.57 Å². The topological polar surface area (TPSA) is 8.81 Å². The van der Waals surface area contributed by atoms with Gasteiger partial charge in [-0.25, -0.2) is 9.13 Å². The summed E-state index contributed by atoms with van der Waals surface area (Å²) in [6.07, 6.45) is 22.3. The molecule has 1 rings (SSSR count). The SMILES string of the molecule is CCCCCCCCCc1n(CCCCC)cc[n+]1CCCC. The zero-order chi connectivity index (χ0) is 16.8. The highest BCUT2D eigenvalue weighted by atomic mass is 15.1. The molecule has 0 bridgehead atoms. The van der Waals surface area contributed by atoms with Gasteiger partial charge in [-0.3, -0.25) is 0 Å². The Kier molecular flexibility index (Phi) is 12.0. The minimum absolute atomic E-state index is 1.20. The molecule has 2 nitrogen and oxygen atoms in total. The van der Waals surface area contributed by atoms with E-state index in [1.807, 2.05) is 0 Å². The molecular weight excluding hydrogens is 280 g/mol. The van der Waals surface area contributed by atoms with Crippen LogP contribution in [0.2, 0.25) is 0 Å². The number of nitrogens with zero attached hydrogens (tertiary/aromatic N) is 2. The Morgan fingerprint density at radius 3 is 2.04 bits per heavy atom. The Bertz CT molecular complexity index is 381. The van der Waals surface area contributed by atoms with Crippen molar-refractivity contribution in [2.75, 3.05) is 0 Å². The molecule has 0 aliphatic carbocycles. The highest BCUT2D eigenvalue weighted by Crippen LogP contribution is 2.11. The first-order valence-corrected chi connectivity index (χ1v) is 10.4. The molecule has 0 unspecified atom stereocenters. The predicted molar refractivity (Wildman–Crippen MR) is 101 cm³/mol. The van der Waals surface area contributed by atoms with Crippen molar-refractivity contribution < 1.29 is 4.57 Å². The van der Waals surface area contributed by atoms with Crippen LogP contribution in [0, 0.1) is 0 Å². The molecule has 23 heavy (non-hydrogen) atoms. The van der Waals surface area contributed by atoms with E-state index >= 15 is 0 Å². The van der Waals surface area contributed by atoms with Gasteiger partial charge >= 0.3 is 0 Å². The Hall–Kier alpha value is -0.790. The number of aromatic nitrogens is 2. The van der Waals surface area contributed by atoms with E-state index < -0.39 is 0 Å². The van der Waals surface area contributed by atoms with Crippen LogP contribution in [0.15, 0.2) is 12.4 Å². The van der Waals surface area contributed by atoms with Crippen molar-refractivity contribution in [1.82, 2.24) is 4.57 Å². The lowest BCUT2D eigenvalue weighted by atomic mass is 10.1. The normalized spacial score (nSPS) is 11.3. The van der Waals surface area contributed by atoms with Crippen LogP contribution in [0.4, 0.5) is 0 Å². The Labute approximate surface area is 145 Å². The minimum Gasteiger partial charge on any atom is -0.234 e. The smallest absolute Gasteiger partial charge is 0.234 e. The van der Waals surface area contributed by atoms with E-state index in [0.29, 0.717) is 0 Å². The van der Waals surface area contributed by atoms with E-state index in [1.165, 1.54) is 96.6 Å². The summed E-state index contributed by atoms with van der Waals surface area (Å²) in [6.45, 7) is 9.27. The number of rotatable bonds is 15. The van der Waals surface area contributed by atoms with Crippen LogP contribution in [0.5, 0.6) is 0 Å². The molecule has 0 fully saturated rings. The van der Waals surface area contributed by atoms with E-state index in [2.05, 4.69) is 42.3 Å². The second-order valence-electron chi connectivity index (χ2n) is 7.03. The van der Waals surface area contributed by atoms with Crippen molar-refractivity contribution in [2.24, 2.45) is 0 Å². The first-order chi connectivity index (χ1) is 11.3. The average molecular weight is 322 g/mol. The molecule has 0 radical (unpaired) electrons. The van der Waals surface area contributed by atoms with Gasteiger partial charge in [-0.1, -0.05) is 72.1 Å². The lowest BCUT2D eigenvalue weighted by Gasteiger charge is -2.06. The molecule has 134 valence electrons. The number of unbranched alkanes of at least 4 members (excludes halogenated alkanes) is 9. The third-order valence-corrected chi connectivity index (χ3v) is 4.85. The molecule has 0 saturated carbocycles. The van der Waals surface area contributed by atoms with Gasteiger partial charge in [-0.05, 0) is 25.7 Å². The standard InChI is InChI=1S/C21H41N2/c1-4-7-10-11-12-13-14-16-21-22(17-9-6-3)19-20-23(21)18-15-8-5-2/h19-20H,4-18H2,1-3H3/q+1. The zero-order valence-electron chi connectivity index (χ0n) is 16.2. The molecule has 0 aliphatic heterocycles. The highest BCUT2D eigenvalue weighted by molar-refractivity contribution is 4.84. The van der Waals surface area contributed by atoms with Crippen LogP contribution in [0.3, 0.4) is 0 Å². The summed E-state index contributed by atoms with van der Waals surface area (Å²) in [4.78, 5) is 0. The van der Waals surface area contributed by atoms with Crippen LogP contribution in [0.1, 0.15) is 104 Å². The Morgan fingerprint density at radius 2 is 1.35 bits per heavy atom. The summed E-state index contributed by atoms with van der Waals surface area (Å²) < 4.78 is 5.05. The molecular formula is C21H41N2+. The van der Waals surface area contributed by atoms with Crippen molar-refractivity contribution in [2.45, 2.75) is 117 Å². The molecule has 0 N–H and O–H groups in total. The summed E-state index contributed by atoms with van der Waals surface area (Å²) in [5, 5.41) is 0. The fourth-order valence-electron chi connectivity index (χ4n) is 3.29. The number of aryl methyl sites for hydroxylation is 2. The van der Waals surface area contributed by atoms with Gasteiger partial charge in [0.25, 0.3) is 5.82 Å². The van der Waals surface area contributed by atoms with Gasteiger partial charge in [-0.2, -0.15) is 0 Å². The van der Waals surface area contributed by atoms with Crippen LogP contribution < -0.4 is 4.57 Å². The Morgan fingerprint density at radius 1 is 0.739 bits per heavy atom. The fourth-order valence-corrected chi connectivity index (χ4v) is 3.29. The molecule has 0 saturated heterocycles. The minimum atomic E-state index is 1.20. The van der Waals surface area contributed by atoms with Crippen molar-refractivity contribution >= 4 is 0 Å². The molecule has 2 heteroatoms. The first-order valence-electron chi connectivity index (χ1n) is 10.4. The maximum absolute atomic E-state index is 2.53. The van der Waals surface area contributed by atoms with Crippen molar-refractivity contribution in [3.05, 3.63) is 18.2 Å². The molecule has 0 aliphatic rings. The summed E-state index contributed by atoms with van der Waals surface area (Å²) in [5.74, 6) is 1.57. The average Bonchev–Trinajstić information content (AvgIpc) is 2.94. The van der Waals surface area contributed by atoms with E-state index in [-0.39, 0.29) is 0 Å². The van der Waals surface area contributed by atoms with Gasteiger partial charge in [0, 0.05) is 6.42 Å². The summed E-state index contributed by atoms with van der Waals surface area (Å²) in [6, 6.07) is 0.